The van der Waals surface area contributed by atoms with E-state index in [1.165, 1.54) is 32.1 Å². The summed E-state index contributed by atoms with van der Waals surface area (Å²) in [6.45, 7) is 7.38. The molecule has 0 spiro atoms. The number of hydrogen-bond donors (Lipinski definition) is 1. The summed E-state index contributed by atoms with van der Waals surface area (Å²) < 4.78 is 2.13. The van der Waals surface area contributed by atoms with E-state index in [9.17, 15) is 0 Å². The first kappa shape index (κ1) is 12.6. The van der Waals surface area contributed by atoms with Gasteiger partial charge in [0.25, 0.3) is 0 Å². The lowest BCUT2D eigenvalue weighted by Crippen LogP contribution is -2.35. The lowest BCUT2D eigenvalue weighted by atomic mass is 9.91. The highest BCUT2D eigenvalue weighted by molar-refractivity contribution is 4.92. The molecule has 1 aliphatic carbocycles. The first-order chi connectivity index (χ1) is 8.20. The van der Waals surface area contributed by atoms with Crippen LogP contribution in [0.4, 0.5) is 0 Å². The van der Waals surface area contributed by atoms with Crippen molar-refractivity contribution >= 4 is 0 Å². The highest BCUT2D eigenvalue weighted by Crippen LogP contribution is 2.28. The van der Waals surface area contributed by atoms with Gasteiger partial charge in [0.2, 0.25) is 0 Å². The Morgan fingerprint density at radius 2 is 2.18 bits per heavy atom. The first-order valence-corrected chi connectivity index (χ1v) is 6.83. The molecule has 1 aromatic heterocycles. The molecule has 17 heavy (non-hydrogen) atoms. The van der Waals surface area contributed by atoms with Crippen molar-refractivity contribution in [3.05, 3.63) is 11.6 Å². The van der Waals surface area contributed by atoms with Gasteiger partial charge in [0.1, 0.15) is 11.6 Å². The Morgan fingerprint density at radius 1 is 1.35 bits per heavy atom. The second-order valence-corrected chi connectivity index (χ2v) is 5.12. The molecule has 1 N–H and O–H groups in total. The fraction of sp³-hybridized carbons (Fsp3) is 0.846. The maximum atomic E-state index is 4.53. The molecule has 1 saturated carbocycles. The summed E-state index contributed by atoms with van der Waals surface area (Å²) in [5, 5.41) is 8.16. The maximum absolute atomic E-state index is 4.53. The summed E-state index contributed by atoms with van der Waals surface area (Å²) in [7, 11) is 0. The molecule has 0 amide bonds. The molecule has 1 heterocycles. The summed E-state index contributed by atoms with van der Waals surface area (Å²) >= 11 is 0. The monoisotopic (exact) mass is 236 g/mol. The van der Waals surface area contributed by atoms with Gasteiger partial charge in [0.15, 0.2) is 0 Å². The third-order valence-corrected chi connectivity index (χ3v) is 3.58. The zero-order valence-corrected chi connectivity index (χ0v) is 11.2. The molecule has 0 bridgehead atoms. The van der Waals surface area contributed by atoms with Gasteiger partial charge in [-0.1, -0.05) is 6.92 Å². The Hall–Kier alpha value is -0.900. The second-order valence-electron chi connectivity index (χ2n) is 5.12. The van der Waals surface area contributed by atoms with Crippen LogP contribution in [0.5, 0.6) is 0 Å². The molecule has 0 aliphatic heterocycles. The van der Waals surface area contributed by atoms with Crippen LogP contribution in [0.15, 0.2) is 0 Å². The molecule has 2 unspecified atom stereocenters. The van der Waals surface area contributed by atoms with Crippen molar-refractivity contribution in [3.8, 4) is 0 Å². The zero-order chi connectivity index (χ0) is 12.3. The van der Waals surface area contributed by atoms with E-state index >= 15 is 0 Å². The molecule has 0 radical (unpaired) electrons. The number of nitrogens with zero attached hydrogens (tertiary/aromatic N) is 3. The molecular weight excluding hydrogens is 212 g/mol. The highest BCUT2D eigenvalue weighted by atomic mass is 15.4. The van der Waals surface area contributed by atoms with Gasteiger partial charge >= 0.3 is 0 Å². The van der Waals surface area contributed by atoms with Crippen LogP contribution in [0.1, 0.15) is 56.7 Å². The minimum Gasteiger partial charge on any atom is -0.314 e. The summed E-state index contributed by atoms with van der Waals surface area (Å²) in [4.78, 5) is 4.40. The van der Waals surface area contributed by atoms with Crippen LogP contribution in [0.3, 0.4) is 0 Å². The minimum atomic E-state index is 0.541. The van der Waals surface area contributed by atoms with Crippen molar-refractivity contribution in [1.82, 2.24) is 20.1 Å². The van der Waals surface area contributed by atoms with E-state index in [2.05, 4.69) is 33.9 Å². The van der Waals surface area contributed by atoms with E-state index in [0.717, 1.165) is 18.2 Å². The van der Waals surface area contributed by atoms with Gasteiger partial charge in [-0.3, -0.25) is 0 Å². The Bertz CT molecular complexity index is 358. The quantitative estimate of drug-likeness (QED) is 0.872. The van der Waals surface area contributed by atoms with Crippen molar-refractivity contribution in [1.29, 1.82) is 0 Å². The van der Waals surface area contributed by atoms with Crippen molar-refractivity contribution in [3.63, 3.8) is 0 Å². The Kier molecular flexibility index (Phi) is 4.15. The molecule has 1 aromatic rings. The Balaban J connectivity index is 1.99. The van der Waals surface area contributed by atoms with Crippen LogP contribution < -0.4 is 5.32 Å². The fourth-order valence-electron chi connectivity index (χ4n) is 2.80. The molecule has 2 atom stereocenters. The van der Waals surface area contributed by atoms with E-state index < -0.39 is 0 Å². The fourth-order valence-corrected chi connectivity index (χ4v) is 2.80. The van der Waals surface area contributed by atoms with E-state index in [-0.39, 0.29) is 0 Å². The van der Waals surface area contributed by atoms with Gasteiger partial charge in [-0.15, -0.1) is 0 Å². The van der Waals surface area contributed by atoms with Gasteiger partial charge < -0.3 is 5.32 Å². The van der Waals surface area contributed by atoms with Gasteiger partial charge in [0.05, 0.1) is 6.04 Å². The number of rotatable bonds is 4. The topological polar surface area (TPSA) is 42.7 Å². The van der Waals surface area contributed by atoms with Crippen molar-refractivity contribution in [2.45, 2.75) is 65.0 Å². The third kappa shape index (κ3) is 3.06. The predicted octanol–water partition coefficient (Wildman–Crippen LogP) is 2.38. The number of hydrogen-bond acceptors (Lipinski definition) is 3. The van der Waals surface area contributed by atoms with Crippen LogP contribution in [-0.4, -0.2) is 27.4 Å². The van der Waals surface area contributed by atoms with Crippen molar-refractivity contribution in [2.75, 3.05) is 6.54 Å². The number of aryl methyl sites for hydroxylation is 2. The largest absolute Gasteiger partial charge is 0.314 e. The average molecular weight is 236 g/mol. The molecule has 0 saturated heterocycles. The second kappa shape index (κ2) is 5.63. The lowest BCUT2D eigenvalue weighted by Gasteiger charge is -2.30. The minimum absolute atomic E-state index is 0.541. The summed E-state index contributed by atoms with van der Waals surface area (Å²) in [5.74, 6) is 1.95. The molecule has 2 rings (SSSR count). The normalized spacial score (nSPS) is 25.1. The van der Waals surface area contributed by atoms with Crippen molar-refractivity contribution < 1.29 is 0 Å². The van der Waals surface area contributed by atoms with Gasteiger partial charge in [-0.25, -0.2) is 9.67 Å². The van der Waals surface area contributed by atoms with Crippen molar-refractivity contribution in [2.24, 2.45) is 0 Å². The zero-order valence-electron chi connectivity index (χ0n) is 11.2. The summed E-state index contributed by atoms with van der Waals surface area (Å²) in [6.07, 6.45) is 6.26. The van der Waals surface area contributed by atoms with Gasteiger partial charge in [-0.05, 0) is 52.5 Å². The van der Waals surface area contributed by atoms with Gasteiger partial charge in [0, 0.05) is 6.04 Å². The average Bonchev–Trinajstić information content (AvgIpc) is 2.66. The van der Waals surface area contributed by atoms with Crippen LogP contribution in [0.2, 0.25) is 0 Å². The van der Waals surface area contributed by atoms with Crippen LogP contribution in [-0.2, 0) is 0 Å². The highest BCUT2D eigenvalue weighted by Gasteiger charge is 2.24. The molecule has 4 nitrogen and oxygen atoms in total. The standard InChI is InChI=1S/C13H24N4/c1-4-8-14-12-6-5-7-13(9-12)17-11(3)15-10(2)16-17/h12-14H,4-9H2,1-3H3. The Labute approximate surface area is 104 Å². The van der Waals surface area contributed by atoms with Crippen LogP contribution >= 0.6 is 0 Å². The van der Waals surface area contributed by atoms with Crippen LogP contribution in [0.25, 0.3) is 0 Å². The molecule has 96 valence electrons. The summed E-state index contributed by atoms with van der Waals surface area (Å²) in [6, 6.07) is 1.21. The SMILES string of the molecule is CCCNC1CCCC(n2nc(C)nc2C)C1. The molecule has 1 fully saturated rings. The predicted molar refractivity (Wildman–Crippen MR) is 69.1 cm³/mol. The van der Waals surface area contributed by atoms with Gasteiger partial charge in [-0.2, -0.15) is 5.10 Å². The first-order valence-electron chi connectivity index (χ1n) is 6.83. The lowest BCUT2D eigenvalue weighted by molar-refractivity contribution is 0.266. The third-order valence-electron chi connectivity index (χ3n) is 3.58. The number of nitrogens with one attached hydrogen (secondary N) is 1. The molecule has 1 aliphatic rings. The molecular formula is C13H24N4. The smallest absolute Gasteiger partial charge is 0.147 e. The van der Waals surface area contributed by atoms with E-state index in [0.29, 0.717) is 12.1 Å². The van der Waals surface area contributed by atoms with E-state index in [1.807, 2.05) is 6.92 Å². The van der Waals surface area contributed by atoms with E-state index in [4.69, 9.17) is 0 Å². The molecule has 4 heteroatoms. The summed E-state index contributed by atoms with van der Waals surface area (Å²) in [5.41, 5.74) is 0. The number of aromatic nitrogens is 3. The molecule has 0 aromatic carbocycles. The van der Waals surface area contributed by atoms with Crippen LogP contribution in [0, 0.1) is 13.8 Å². The maximum Gasteiger partial charge on any atom is 0.147 e. The van der Waals surface area contributed by atoms with E-state index in [1.54, 1.807) is 0 Å². The Morgan fingerprint density at radius 3 is 2.82 bits per heavy atom.